The van der Waals surface area contributed by atoms with Gasteiger partial charge in [0.05, 0.1) is 7.11 Å². The molecule has 0 fully saturated rings. The highest BCUT2D eigenvalue weighted by molar-refractivity contribution is 9.08. The van der Waals surface area contributed by atoms with E-state index in [9.17, 15) is 4.39 Å². The van der Waals surface area contributed by atoms with Gasteiger partial charge in [-0.25, -0.2) is 4.39 Å². The molecule has 1 aromatic carbocycles. The van der Waals surface area contributed by atoms with E-state index in [4.69, 9.17) is 4.74 Å². The number of methoxy groups -OCH3 is 1. The maximum atomic E-state index is 12.9. The molecular weight excluding hydrogens is 211 g/mol. The number of ether oxygens (including phenoxy) is 1. The molecule has 0 bridgehead atoms. The van der Waals surface area contributed by atoms with Crippen LogP contribution >= 0.6 is 15.9 Å². The van der Waals surface area contributed by atoms with Crippen molar-refractivity contribution in [2.45, 2.75) is 5.33 Å². The molecule has 0 radical (unpaired) electrons. The summed E-state index contributed by atoms with van der Waals surface area (Å²) in [6.07, 6.45) is 0. The predicted molar refractivity (Wildman–Crippen MR) is 45.6 cm³/mol. The van der Waals surface area contributed by atoms with E-state index in [2.05, 4.69) is 15.9 Å². The lowest BCUT2D eigenvalue weighted by atomic mass is 10.2. The molecule has 1 aromatic rings. The van der Waals surface area contributed by atoms with Gasteiger partial charge >= 0.3 is 0 Å². The molecule has 0 amide bonds. The maximum absolute atomic E-state index is 12.9. The quantitative estimate of drug-likeness (QED) is 0.695. The van der Waals surface area contributed by atoms with Crippen molar-refractivity contribution in [2.75, 3.05) is 7.11 Å². The molecule has 0 atom stereocenters. The zero-order valence-corrected chi connectivity index (χ0v) is 7.69. The van der Waals surface area contributed by atoms with Gasteiger partial charge in [-0.1, -0.05) is 22.0 Å². The van der Waals surface area contributed by atoms with Crippen molar-refractivity contribution in [2.24, 2.45) is 0 Å². The standard InChI is InChI=1S/C8H8BrFO/c1-11-7-3-2-6(5-9)8(10)4-7/h2-4H,5H2,1H3. The Bertz CT molecular complexity index is 250. The lowest BCUT2D eigenvalue weighted by Crippen LogP contribution is -1.88. The highest BCUT2D eigenvalue weighted by atomic mass is 79.9. The van der Waals surface area contributed by atoms with E-state index in [0.717, 1.165) is 0 Å². The van der Waals surface area contributed by atoms with E-state index >= 15 is 0 Å². The van der Waals surface area contributed by atoms with Crippen molar-refractivity contribution in [1.29, 1.82) is 0 Å². The van der Waals surface area contributed by atoms with Crippen molar-refractivity contribution < 1.29 is 9.13 Å². The molecule has 60 valence electrons. The summed E-state index contributed by atoms with van der Waals surface area (Å²) in [5.74, 6) is 0.313. The Morgan fingerprint density at radius 3 is 2.73 bits per heavy atom. The summed E-state index contributed by atoms with van der Waals surface area (Å²) in [5, 5.41) is 0.531. The second-order valence-electron chi connectivity index (χ2n) is 2.09. The summed E-state index contributed by atoms with van der Waals surface area (Å²) >= 11 is 3.17. The molecule has 0 N–H and O–H groups in total. The van der Waals surface area contributed by atoms with Gasteiger partial charge in [0.25, 0.3) is 0 Å². The van der Waals surface area contributed by atoms with E-state index in [1.54, 1.807) is 12.1 Å². The van der Waals surface area contributed by atoms with Crippen LogP contribution in [0.1, 0.15) is 5.56 Å². The third-order valence-corrected chi connectivity index (χ3v) is 2.01. The molecular formula is C8H8BrFO. The minimum absolute atomic E-state index is 0.235. The summed E-state index contributed by atoms with van der Waals surface area (Å²) in [5.41, 5.74) is 0.644. The zero-order chi connectivity index (χ0) is 8.27. The molecule has 0 aliphatic rings. The fourth-order valence-corrected chi connectivity index (χ4v) is 1.22. The van der Waals surface area contributed by atoms with Crippen LogP contribution in [0.4, 0.5) is 4.39 Å². The fourth-order valence-electron chi connectivity index (χ4n) is 0.763. The number of halogens is 2. The predicted octanol–water partition coefficient (Wildman–Crippen LogP) is 2.73. The van der Waals surface area contributed by atoms with Crippen LogP contribution in [0.3, 0.4) is 0 Å². The molecule has 0 heterocycles. The number of benzene rings is 1. The summed E-state index contributed by atoms with van der Waals surface area (Å²) < 4.78 is 17.8. The third kappa shape index (κ3) is 1.93. The highest BCUT2D eigenvalue weighted by Crippen LogP contribution is 2.17. The van der Waals surface area contributed by atoms with Crippen LogP contribution in [0.2, 0.25) is 0 Å². The van der Waals surface area contributed by atoms with Crippen molar-refractivity contribution >= 4 is 15.9 Å². The van der Waals surface area contributed by atoms with Crippen molar-refractivity contribution in [3.63, 3.8) is 0 Å². The Hall–Kier alpha value is -0.570. The van der Waals surface area contributed by atoms with Gasteiger partial charge in [-0.05, 0) is 11.6 Å². The summed E-state index contributed by atoms with van der Waals surface area (Å²) in [6, 6.07) is 4.80. The van der Waals surface area contributed by atoms with Crippen molar-refractivity contribution in [3.8, 4) is 5.75 Å². The van der Waals surface area contributed by atoms with Crippen LogP contribution in [-0.4, -0.2) is 7.11 Å². The van der Waals surface area contributed by atoms with Crippen LogP contribution < -0.4 is 4.74 Å². The van der Waals surface area contributed by atoms with Gasteiger partial charge in [-0.2, -0.15) is 0 Å². The number of alkyl halides is 1. The first-order valence-corrected chi connectivity index (χ1v) is 4.28. The molecule has 1 nitrogen and oxygen atoms in total. The maximum Gasteiger partial charge on any atom is 0.130 e. The number of hydrogen-bond donors (Lipinski definition) is 0. The second-order valence-corrected chi connectivity index (χ2v) is 2.65. The van der Waals surface area contributed by atoms with Gasteiger partial charge in [-0.15, -0.1) is 0 Å². The third-order valence-electron chi connectivity index (χ3n) is 1.40. The minimum atomic E-state index is -0.235. The monoisotopic (exact) mass is 218 g/mol. The Morgan fingerprint density at radius 1 is 1.55 bits per heavy atom. The average molecular weight is 219 g/mol. The first kappa shape index (κ1) is 8.53. The molecule has 0 aliphatic heterocycles. The van der Waals surface area contributed by atoms with Crippen LogP contribution in [0.25, 0.3) is 0 Å². The highest BCUT2D eigenvalue weighted by Gasteiger charge is 2.00. The summed E-state index contributed by atoms with van der Waals surface area (Å²) in [4.78, 5) is 0. The smallest absolute Gasteiger partial charge is 0.130 e. The number of hydrogen-bond acceptors (Lipinski definition) is 1. The summed E-state index contributed by atoms with van der Waals surface area (Å²) in [6.45, 7) is 0. The molecule has 0 unspecified atom stereocenters. The lowest BCUT2D eigenvalue weighted by molar-refractivity contribution is 0.411. The van der Waals surface area contributed by atoms with E-state index in [1.807, 2.05) is 0 Å². The van der Waals surface area contributed by atoms with E-state index < -0.39 is 0 Å². The Morgan fingerprint density at radius 2 is 2.27 bits per heavy atom. The van der Waals surface area contributed by atoms with Gasteiger partial charge in [0.1, 0.15) is 11.6 Å². The molecule has 0 spiro atoms. The Balaban J connectivity index is 2.99. The zero-order valence-electron chi connectivity index (χ0n) is 6.10. The first-order valence-electron chi connectivity index (χ1n) is 3.16. The van der Waals surface area contributed by atoms with Gasteiger partial charge in [-0.3, -0.25) is 0 Å². The van der Waals surface area contributed by atoms with Crippen LogP contribution in [0.15, 0.2) is 18.2 Å². The van der Waals surface area contributed by atoms with E-state index in [1.165, 1.54) is 13.2 Å². The normalized spacial score (nSPS) is 9.73. The molecule has 0 aliphatic carbocycles. The first-order chi connectivity index (χ1) is 5.27. The van der Waals surface area contributed by atoms with Gasteiger partial charge < -0.3 is 4.74 Å². The molecule has 0 aromatic heterocycles. The second kappa shape index (κ2) is 3.72. The molecule has 11 heavy (non-hydrogen) atoms. The van der Waals surface area contributed by atoms with Crippen LogP contribution in [0, 0.1) is 5.82 Å². The van der Waals surface area contributed by atoms with Crippen molar-refractivity contribution in [1.82, 2.24) is 0 Å². The number of rotatable bonds is 2. The van der Waals surface area contributed by atoms with Gasteiger partial charge in [0.15, 0.2) is 0 Å². The lowest BCUT2D eigenvalue weighted by Gasteiger charge is -2.01. The Kier molecular flexibility index (Phi) is 2.88. The largest absolute Gasteiger partial charge is 0.497 e. The van der Waals surface area contributed by atoms with Crippen LogP contribution in [0.5, 0.6) is 5.75 Å². The molecule has 0 saturated carbocycles. The van der Waals surface area contributed by atoms with Gasteiger partial charge in [0.2, 0.25) is 0 Å². The molecule has 3 heteroatoms. The van der Waals surface area contributed by atoms with Crippen LogP contribution in [-0.2, 0) is 5.33 Å². The average Bonchev–Trinajstić information content (AvgIpc) is 2.04. The summed E-state index contributed by atoms with van der Waals surface area (Å²) in [7, 11) is 1.52. The van der Waals surface area contributed by atoms with E-state index in [-0.39, 0.29) is 5.82 Å². The SMILES string of the molecule is COc1ccc(CBr)c(F)c1. The van der Waals surface area contributed by atoms with E-state index in [0.29, 0.717) is 16.6 Å². The van der Waals surface area contributed by atoms with Gasteiger partial charge in [0, 0.05) is 11.4 Å². The topological polar surface area (TPSA) is 9.23 Å². The molecule has 1 rings (SSSR count). The molecule has 0 saturated heterocycles. The van der Waals surface area contributed by atoms with Crippen molar-refractivity contribution in [3.05, 3.63) is 29.6 Å². The minimum Gasteiger partial charge on any atom is -0.497 e. The fraction of sp³-hybridized carbons (Fsp3) is 0.250. The Labute approximate surface area is 73.3 Å².